The van der Waals surface area contributed by atoms with E-state index in [4.69, 9.17) is 4.42 Å². The molecule has 1 N–H and O–H groups in total. The van der Waals surface area contributed by atoms with Crippen molar-refractivity contribution in [3.05, 3.63) is 46.0 Å². The van der Waals surface area contributed by atoms with Gasteiger partial charge < -0.3 is 9.73 Å². The monoisotopic (exact) mass is 263 g/mol. The van der Waals surface area contributed by atoms with E-state index in [0.29, 0.717) is 11.7 Å². The van der Waals surface area contributed by atoms with Gasteiger partial charge in [0, 0.05) is 4.88 Å². The largest absolute Gasteiger partial charge is 0.456 e. The minimum atomic E-state index is -0.157. The fourth-order valence-electron chi connectivity index (χ4n) is 1.80. The Hall–Kier alpha value is -1.55. The maximum atomic E-state index is 12.1. The number of rotatable bonds is 4. The van der Waals surface area contributed by atoms with Crippen molar-refractivity contribution in [1.29, 1.82) is 0 Å². The van der Waals surface area contributed by atoms with Crippen LogP contribution in [0.3, 0.4) is 0 Å². The van der Waals surface area contributed by atoms with E-state index in [9.17, 15) is 4.79 Å². The van der Waals surface area contributed by atoms with Crippen LogP contribution in [0.5, 0.6) is 0 Å². The van der Waals surface area contributed by atoms with Crippen molar-refractivity contribution in [2.45, 2.75) is 26.8 Å². The predicted octanol–water partition coefficient (Wildman–Crippen LogP) is 3.78. The Kier molecular flexibility index (Phi) is 3.87. The lowest BCUT2D eigenvalue weighted by molar-refractivity contribution is 0.0897. The SMILES string of the molecule is Cc1ccc(C(=O)N[C@H](c2cccs2)C(C)C)o1. The number of carbonyl (C=O) groups excluding carboxylic acids is 1. The van der Waals surface area contributed by atoms with Crippen LogP contribution >= 0.6 is 11.3 Å². The second kappa shape index (κ2) is 5.40. The number of aryl methyl sites for hydroxylation is 1. The van der Waals surface area contributed by atoms with E-state index in [2.05, 4.69) is 19.2 Å². The molecule has 1 amide bonds. The fraction of sp³-hybridized carbons (Fsp3) is 0.357. The molecule has 0 fully saturated rings. The second-order valence-electron chi connectivity index (χ2n) is 4.62. The van der Waals surface area contributed by atoms with Gasteiger partial charge in [-0.15, -0.1) is 11.3 Å². The summed E-state index contributed by atoms with van der Waals surface area (Å²) in [6.07, 6.45) is 0. The minimum Gasteiger partial charge on any atom is -0.456 e. The number of thiophene rings is 1. The molecule has 0 aliphatic rings. The third-order valence-corrected chi connectivity index (χ3v) is 3.72. The molecule has 0 unspecified atom stereocenters. The van der Waals surface area contributed by atoms with Crippen molar-refractivity contribution in [3.8, 4) is 0 Å². The van der Waals surface area contributed by atoms with E-state index in [1.54, 1.807) is 23.5 Å². The number of hydrogen-bond acceptors (Lipinski definition) is 3. The third-order valence-electron chi connectivity index (χ3n) is 2.77. The van der Waals surface area contributed by atoms with E-state index in [0.717, 1.165) is 5.76 Å². The van der Waals surface area contributed by atoms with Gasteiger partial charge in [0.15, 0.2) is 5.76 Å². The predicted molar refractivity (Wildman–Crippen MR) is 72.8 cm³/mol. The first-order valence-electron chi connectivity index (χ1n) is 5.98. The van der Waals surface area contributed by atoms with Crippen molar-refractivity contribution in [2.24, 2.45) is 5.92 Å². The van der Waals surface area contributed by atoms with Crippen molar-refractivity contribution >= 4 is 17.2 Å². The average molecular weight is 263 g/mol. The standard InChI is InChI=1S/C14H17NO2S/c1-9(2)13(12-5-4-8-18-12)15-14(16)11-7-6-10(3)17-11/h4-9,13H,1-3H3,(H,15,16)/t13-/m0/s1. The van der Waals surface area contributed by atoms with E-state index >= 15 is 0 Å². The molecule has 3 nitrogen and oxygen atoms in total. The van der Waals surface area contributed by atoms with Crippen LogP contribution in [0, 0.1) is 12.8 Å². The summed E-state index contributed by atoms with van der Waals surface area (Å²) < 4.78 is 5.33. The molecule has 2 heterocycles. The Bertz CT molecular complexity index is 514. The molecule has 2 aromatic heterocycles. The Labute approximate surface area is 111 Å². The summed E-state index contributed by atoms with van der Waals surface area (Å²) in [5, 5.41) is 5.05. The highest BCUT2D eigenvalue weighted by Crippen LogP contribution is 2.26. The summed E-state index contributed by atoms with van der Waals surface area (Å²) in [5.74, 6) is 1.30. The van der Waals surface area contributed by atoms with Crippen LogP contribution < -0.4 is 5.32 Å². The molecule has 1 atom stereocenters. The summed E-state index contributed by atoms with van der Waals surface area (Å²) >= 11 is 1.66. The van der Waals surface area contributed by atoms with Gasteiger partial charge in [0.05, 0.1) is 6.04 Å². The van der Waals surface area contributed by atoms with Gasteiger partial charge in [-0.05, 0) is 36.4 Å². The van der Waals surface area contributed by atoms with Gasteiger partial charge in [-0.25, -0.2) is 0 Å². The molecule has 0 bridgehead atoms. The molecular formula is C14H17NO2S. The van der Waals surface area contributed by atoms with E-state index in [1.807, 2.05) is 24.4 Å². The lowest BCUT2D eigenvalue weighted by atomic mass is 10.0. The average Bonchev–Trinajstić information content (AvgIpc) is 2.95. The zero-order valence-electron chi connectivity index (χ0n) is 10.8. The lowest BCUT2D eigenvalue weighted by Crippen LogP contribution is -2.30. The summed E-state index contributed by atoms with van der Waals surface area (Å²) in [5.41, 5.74) is 0. The van der Waals surface area contributed by atoms with E-state index in [-0.39, 0.29) is 11.9 Å². The zero-order chi connectivity index (χ0) is 13.1. The first-order valence-corrected chi connectivity index (χ1v) is 6.86. The molecule has 96 valence electrons. The van der Waals surface area contributed by atoms with Crippen LogP contribution in [0.2, 0.25) is 0 Å². The van der Waals surface area contributed by atoms with Crippen LogP contribution in [0.15, 0.2) is 34.1 Å². The molecule has 0 saturated carbocycles. The Morgan fingerprint density at radius 1 is 1.33 bits per heavy atom. The zero-order valence-corrected chi connectivity index (χ0v) is 11.6. The molecule has 4 heteroatoms. The van der Waals surface area contributed by atoms with Crippen molar-refractivity contribution in [2.75, 3.05) is 0 Å². The smallest absolute Gasteiger partial charge is 0.287 e. The van der Waals surface area contributed by atoms with Crippen molar-refractivity contribution in [3.63, 3.8) is 0 Å². The molecule has 0 aliphatic carbocycles. The number of carbonyl (C=O) groups is 1. The van der Waals surface area contributed by atoms with Gasteiger partial charge in [0.1, 0.15) is 5.76 Å². The Balaban J connectivity index is 2.13. The van der Waals surface area contributed by atoms with Crippen LogP contribution in [-0.2, 0) is 0 Å². The molecule has 2 rings (SSSR count). The number of amides is 1. The molecule has 0 saturated heterocycles. The lowest BCUT2D eigenvalue weighted by Gasteiger charge is -2.20. The fourth-order valence-corrected chi connectivity index (χ4v) is 2.75. The van der Waals surface area contributed by atoms with Crippen LogP contribution in [-0.4, -0.2) is 5.91 Å². The van der Waals surface area contributed by atoms with Crippen LogP contribution in [0.4, 0.5) is 0 Å². The van der Waals surface area contributed by atoms with Gasteiger partial charge in [0.2, 0.25) is 0 Å². The molecule has 0 radical (unpaired) electrons. The number of nitrogens with one attached hydrogen (secondary N) is 1. The highest BCUT2D eigenvalue weighted by molar-refractivity contribution is 7.10. The molecular weight excluding hydrogens is 246 g/mol. The van der Waals surface area contributed by atoms with Crippen LogP contribution in [0.1, 0.15) is 41.1 Å². The number of furan rings is 1. The summed E-state index contributed by atoms with van der Waals surface area (Å²) in [6.45, 7) is 6.02. The molecule has 18 heavy (non-hydrogen) atoms. The first kappa shape index (κ1) is 12.9. The van der Waals surface area contributed by atoms with Gasteiger partial charge in [-0.3, -0.25) is 4.79 Å². The van der Waals surface area contributed by atoms with Crippen LogP contribution in [0.25, 0.3) is 0 Å². The van der Waals surface area contributed by atoms with E-state index in [1.165, 1.54) is 4.88 Å². The molecule has 0 aromatic carbocycles. The summed E-state index contributed by atoms with van der Waals surface area (Å²) in [4.78, 5) is 13.2. The quantitative estimate of drug-likeness (QED) is 0.912. The highest BCUT2D eigenvalue weighted by Gasteiger charge is 2.21. The number of hydrogen-bond donors (Lipinski definition) is 1. The molecule has 0 spiro atoms. The second-order valence-corrected chi connectivity index (χ2v) is 5.60. The Morgan fingerprint density at radius 2 is 2.11 bits per heavy atom. The minimum absolute atomic E-state index is 0.0305. The van der Waals surface area contributed by atoms with Crippen molar-refractivity contribution < 1.29 is 9.21 Å². The van der Waals surface area contributed by atoms with Gasteiger partial charge >= 0.3 is 0 Å². The van der Waals surface area contributed by atoms with Gasteiger partial charge in [0.25, 0.3) is 5.91 Å². The summed E-state index contributed by atoms with van der Waals surface area (Å²) in [6, 6.07) is 7.57. The van der Waals surface area contributed by atoms with E-state index < -0.39 is 0 Å². The summed E-state index contributed by atoms with van der Waals surface area (Å²) in [7, 11) is 0. The van der Waals surface area contributed by atoms with Gasteiger partial charge in [-0.2, -0.15) is 0 Å². The maximum absolute atomic E-state index is 12.1. The molecule has 2 aromatic rings. The van der Waals surface area contributed by atoms with Crippen molar-refractivity contribution in [1.82, 2.24) is 5.32 Å². The maximum Gasteiger partial charge on any atom is 0.287 e. The Morgan fingerprint density at radius 3 is 2.61 bits per heavy atom. The van der Waals surface area contributed by atoms with Gasteiger partial charge in [-0.1, -0.05) is 19.9 Å². The normalized spacial score (nSPS) is 12.7. The topological polar surface area (TPSA) is 42.2 Å². The first-order chi connectivity index (χ1) is 8.58. The highest BCUT2D eigenvalue weighted by atomic mass is 32.1. The molecule has 0 aliphatic heterocycles. The third kappa shape index (κ3) is 2.82.